The Bertz CT molecular complexity index is 324. The van der Waals surface area contributed by atoms with Crippen molar-refractivity contribution in [3.8, 4) is 0 Å². The first-order valence-corrected chi connectivity index (χ1v) is 5.68. The number of nitrogens with zero attached hydrogens (tertiary/aromatic N) is 1. The summed E-state index contributed by atoms with van der Waals surface area (Å²) in [6, 6.07) is 0. The smallest absolute Gasteiger partial charge is 0.409 e. The summed E-state index contributed by atoms with van der Waals surface area (Å²) in [5, 5.41) is 21.3. The normalized spacial score (nSPS) is 25.0. The summed E-state index contributed by atoms with van der Waals surface area (Å²) in [7, 11) is 0. The van der Waals surface area contributed by atoms with E-state index in [1.807, 2.05) is 20.8 Å². The molecule has 0 radical (unpaired) electrons. The van der Waals surface area contributed by atoms with Crippen molar-refractivity contribution >= 4 is 12.1 Å². The van der Waals surface area contributed by atoms with Gasteiger partial charge in [0.1, 0.15) is 0 Å². The number of aliphatic carboxylic acids is 1. The van der Waals surface area contributed by atoms with Gasteiger partial charge >= 0.3 is 12.1 Å². The van der Waals surface area contributed by atoms with Gasteiger partial charge in [-0.05, 0) is 18.3 Å². The van der Waals surface area contributed by atoms with Crippen LogP contribution in [0.25, 0.3) is 0 Å². The molecule has 1 rings (SSSR count). The lowest BCUT2D eigenvalue weighted by Crippen LogP contribution is -2.63. The summed E-state index contributed by atoms with van der Waals surface area (Å²) in [6.45, 7) is 6.61. The number of carbonyl (C=O) groups is 2. The van der Waals surface area contributed by atoms with Gasteiger partial charge in [0, 0.05) is 13.1 Å². The second-order valence-electron chi connectivity index (χ2n) is 5.62. The predicted molar refractivity (Wildman–Crippen MR) is 61.8 cm³/mol. The van der Waals surface area contributed by atoms with Crippen LogP contribution in [0.2, 0.25) is 0 Å². The van der Waals surface area contributed by atoms with Crippen LogP contribution in [0.15, 0.2) is 0 Å². The highest BCUT2D eigenvalue weighted by Crippen LogP contribution is 2.28. The van der Waals surface area contributed by atoms with Crippen LogP contribution in [0.1, 0.15) is 33.6 Å². The Kier molecular flexibility index (Phi) is 3.66. The molecule has 17 heavy (non-hydrogen) atoms. The van der Waals surface area contributed by atoms with E-state index in [1.165, 1.54) is 0 Å². The molecule has 1 unspecified atom stereocenters. The van der Waals surface area contributed by atoms with Crippen LogP contribution in [0.5, 0.6) is 0 Å². The van der Waals surface area contributed by atoms with Crippen LogP contribution < -0.4 is 5.32 Å². The van der Waals surface area contributed by atoms with Gasteiger partial charge in [-0.1, -0.05) is 20.8 Å². The Hall–Kier alpha value is -1.30. The Morgan fingerprint density at radius 1 is 1.35 bits per heavy atom. The zero-order valence-electron chi connectivity index (χ0n) is 10.5. The number of rotatable bonds is 3. The molecule has 1 saturated heterocycles. The van der Waals surface area contributed by atoms with E-state index in [0.717, 1.165) is 4.90 Å². The van der Waals surface area contributed by atoms with Crippen molar-refractivity contribution < 1.29 is 19.8 Å². The average Bonchev–Trinajstić information content (AvgIpc) is 2.58. The second-order valence-corrected chi connectivity index (χ2v) is 5.62. The molecule has 0 aromatic carbocycles. The topological polar surface area (TPSA) is 89.9 Å². The monoisotopic (exact) mass is 244 g/mol. The number of hydrogen-bond acceptors (Lipinski definition) is 3. The van der Waals surface area contributed by atoms with E-state index in [-0.39, 0.29) is 12.0 Å². The highest BCUT2D eigenvalue weighted by atomic mass is 16.4. The van der Waals surface area contributed by atoms with E-state index in [1.54, 1.807) is 0 Å². The molecule has 6 nitrogen and oxygen atoms in total. The fourth-order valence-corrected chi connectivity index (χ4v) is 1.97. The Labute approximate surface area is 101 Å². The van der Waals surface area contributed by atoms with Gasteiger partial charge < -0.3 is 10.2 Å². The third kappa shape index (κ3) is 2.88. The summed E-state index contributed by atoms with van der Waals surface area (Å²) in [4.78, 5) is 23.4. The largest absolute Gasteiger partial charge is 0.478 e. The van der Waals surface area contributed by atoms with Crippen LogP contribution in [-0.4, -0.2) is 45.9 Å². The Morgan fingerprint density at radius 3 is 2.35 bits per heavy atom. The van der Waals surface area contributed by atoms with E-state index in [2.05, 4.69) is 5.32 Å². The summed E-state index contributed by atoms with van der Waals surface area (Å²) in [5.74, 6) is -1.12. The summed E-state index contributed by atoms with van der Waals surface area (Å²) < 4.78 is 0. The van der Waals surface area contributed by atoms with E-state index in [0.29, 0.717) is 19.4 Å². The zero-order chi connectivity index (χ0) is 13.3. The number of nitrogens with one attached hydrogen (secondary N) is 1. The van der Waals surface area contributed by atoms with Crippen molar-refractivity contribution in [1.82, 2.24) is 10.2 Å². The number of carboxylic acid groups (broad SMARTS) is 2. The van der Waals surface area contributed by atoms with Crippen LogP contribution in [0.4, 0.5) is 4.79 Å². The number of amides is 1. The molecule has 6 heteroatoms. The Morgan fingerprint density at radius 2 is 1.94 bits per heavy atom. The number of carboxylic acids is 1. The molecular formula is C11H20N2O4. The van der Waals surface area contributed by atoms with Crippen molar-refractivity contribution in [1.29, 1.82) is 0 Å². The lowest BCUT2D eigenvalue weighted by atomic mass is 9.95. The molecule has 1 fully saturated rings. The molecule has 3 N–H and O–H groups in total. The first-order valence-electron chi connectivity index (χ1n) is 5.68. The minimum absolute atomic E-state index is 0.102. The first-order chi connectivity index (χ1) is 7.69. The van der Waals surface area contributed by atoms with Crippen LogP contribution in [-0.2, 0) is 4.79 Å². The second kappa shape index (κ2) is 4.52. The van der Waals surface area contributed by atoms with Crippen LogP contribution in [0.3, 0.4) is 0 Å². The molecule has 0 aliphatic carbocycles. The average molecular weight is 244 g/mol. The quantitative estimate of drug-likeness (QED) is 0.693. The van der Waals surface area contributed by atoms with E-state index in [4.69, 9.17) is 5.11 Å². The van der Waals surface area contributed by atoms with Crippen molar-refractivity contribution in [2.24, 2.45) is 5.41 Å². The minimum atomic E-state index is -1.46. The molecule has 0 bridgehead atoms. The molecule has 0 aromatic heterocycles. The van der Waals surface area contributed by atoms with Gasteiger partial charge in [0.15, 0.2) is 5.66 Å². The van der Waals surface area contributed by atoms with Gasteiger partial charge in [-0.15, -0.1) is 0 Å². The van der Waals surface area contributed by atoms with Crippen molar-refractivity contribution in [2.75, 3.05) is 13.1 Å². The fourth-order valence-electron chi connectivity index (χ4n) is 1.97. The Balaban J connectivity index is 2.89. The molecule has 1 heterocycles. The van der Waals surface area contributed by atoms with Gasteiger partial charge in [-0.25, -0.2) is 9.59 Å². The van der Waals surface area contributed by atoms with E-state index >= 15 is 0 Å². The molecule has 1 aliphatic heterocycles. The van der Waals surface area contributed by atoms with Gasteiger partial charge in [0.05, 0.1) is 0 Å². The zero-order valence-corrected chi connectivity index (χ0v) is 10.5. The number of hydrogen-bond donors (Lipinski definition) is 3. The highest BCUT2D eigenvalue weighted by molar-refractivity contribution is 5.84. The SMILES string of the molecule is CC(C)(C)CNC1(C(=O)O)CCCN1C(=O)O. The van der Waals surface area contributed by atoms with Gasteiger partial charge in [0.25, 0.3) is 0 Å². The first kappa shape index (κ1) is 13.8. The van der Waals surface area contributed by atoms with Gasteiger partial charge in [-0.2, -0.15) is 0 Å². The maximum Gasteiger partial charge on any atom is 0.409 e. The lowest BCUT2D eigenvalue weighted by molar-refractivity contribution is -0.151. The highest BCUT2D eigenvalue weighted by Gasteiger charge is 2.50. The van der Waals surface area contributed by atoms with E-state index in [9.17, 15) is 14.7 Å². The molecule has 0 saturated carbocycles. The van der Waals surface area contributed by atoms with Crippen LogP contribution >= 0.6 is 0 Å². The molecule has 98 valence electrons. The van der Waals surface area contributed by atoms with Crippen molar-refractivity contribution in [3.05, 3.63) is 0 Å². The molecule has 0 spiro atoms. The van der Waals surface area contributed by atoms with Gasteiger partial charge in [-0.3, -0.25) is 10.2 Å². The molecular weight excluding hydrogens is 224 g/mol. The summed E-state index contributed by atoms with van der Waals surface area (Å²) >= 11 is 0. The summed E-state index contributed by atoms with van der Waals surface area (Å²) in [5.41, 5.74) is -1.56. The molecule has 1 amide bonds. The minimum Gasteiger partial charge on any atom is -0.478 e. The predicted octanol–water partition coefficient (Wildman–Crippen LogP) is 1.18. The van der Waals surface area contributed by atoms with E-state index < -0.39 is 17.7 Å². The van der Waals surface area contributed by atoms with Crippen LogP contribution in [0, 0.1) is 5.41 Å². The maximum absolute atomic E-state index is 11.4. The maximum atomic E-state index is 11.4. The lowest BCUT2D eigenvalue weighted by Gasteiger charge is -2.35. The van der Waals surface area contributed by atoms with Gasteiger partial charge in [0.2, 0.25) is 0 Å². The van der Waals surface area contributed by atoms with Crippen molar-refractivity contribution in [3.63, 3.8) is 0 Å². The number of likely N-dealkylation sites (tertiary alicyclic amines) is 1. The molecule has 1 aliphatic rings. The standard InChI is InChI=1S/C11H20N2O4/c1-10(2,3)7-12-11(8(14)15)5-4-6-13(11)9(16)17/h12H,4-7H2,1-3H3,(H,14,15)(H,16,17). The van der Waals surface area contributed by atoms with Crippen molar-refractivity contribution in [2.45, 2.75) is 39.3 Å². The third-order valence-corrected chi connectivity index (χ3v) is 2.88. The third-order valence-electron chi connectivity index (χ3n) is 2.88. The fraction of sp³-hybridized carbons (Fsp3) is 0.818. The molecule has 0 aromatic rings. The molecule has 1 atom stereocenters. The summed E-state index contributed by atoms with van der Waals surface area (Å²) in [6.07, 6.45) is -0.313.